The smallest absolute Gasteiger partial charge is 0.271 e. The predicted molar refractivity (Wildman–Crippen MR) is 397 cm³/mol. The first-order valence-electron chi connectivity index (χ1n) is 35.3. The van der Waals surface area contributed by atoms with Crippen LogP contribution in [0, 0.1) is 68.0 Å². The highest BCUT2D eigenvalue weighted by molar-refractivity contribution is 6.36. The zero-order valence-electron chi connectivity index (χ0n) is 61.6. The van der Waals surface area contributed by atoms with E-state index in [2.05, 4.69) is 86.3 Å². The number of hydrogen-bond acceptors (Lipinski definition) is 17. The lowest BCUT2D eigenvalue weighted by molar-refractivity contribution is -0.129. The summed E-state index contributed by atoms with van der Waals surface area (Å²) in [5, 5.41) is 105. The van der Waals surface area contributed by atoms with Crippen molar-refractivity contribution >= 4 is 35.2 Å². The van der Waals surface area contributed by atoms with E-state index in [4.69, 9.17) is 37.7 Å². The molecule has 2 saturated carbocycles. The van der Waals surface area contributed by atoms with Gasteiger partial charge in [0.25, 0.3) is 17.7 Å². The predicted octanol–water partition coefficient (Wildman–Crippen LogP) is 12.4. The van der Waals surface area contributed by atoms with Crippen LogP contribution in [0.4, 0.5) is 0 Å². The number of nitrogens with one attached hydrogen (secondary N) is 4. The van der Waals surface area contributed by atoms with Gasteiger partial charge in [0.1, 0.15) is 57.4 Å². The van der Waals surface area contributed by atoms with E-state index in [1.807, 2.05) is 89.8 Å². The number of nitrogens with zero attached hydrogens (tertiary/aromatic N) is 15. The number of carbonyl (C=O) groups excluding carboxylic acids is 4. The van der Waals surface area contributed by atoms with Crippen LogP contribution in [-0.2, 0) is 4.79 Å². The largest absolute Gasteiger partial charge is 0.392 e. The summed E-state index contributed by atoms with van der Waals surface area (Å²) in [5.41, 5.74) is 10.4. The van der Waals surface area contributed by atoms with Gasteiger partial charge >= 0.3 is 0 Å². The maximum atomic E-state index is 12.7. The molecule has 4 aromatic heterocycles. The van der Waals surface area contributed by atoms with Crippen LogP contribution in [0.2, 0.25) is 5.02 Å². The van der Waals surface area contributed by atoms with Crippen LogP contribution in [0.25, 0.3) is 45.0 Å². The number of rotatable bonds is 21. The van der Waals surface area contributed by atoms with Crippen LogP contribution < -0.4 is 21.3 Å². The zero-order chi connectivity index (χ0) is 76.7. The number of carbonyl (C=O) groups is 4. The minimum atomic E-state index is -1.07. The maximum Gasteiger partial charge on any atom is 0.271 e. The van der Waals surface area contributed by atoms with Crippen molar-refractivity contribution in [3.63, 3.8) is 0 Å². The third-order valence-corrected chi connectivity index (χ3v) is 17.9. The van der Waals surface area contributed by atoms with Crippen LogP contribution in [0.3, 0.4) is 0 Å². The highest BCUT2D eigenvalue weighted by Crippen LogP contribution is 2.48. The molecule has 1 saturated heterocycles. The van der Waals surface area contributed by atoms with Gasteiger partial charge in [-0.25, -0.2) is 0 Å². The first-order chi connectivity index (χ1) is 50.0. The van der Waals surface area contributed by atoms with E-state index in [1.165, 1.54) is 33.5 Å². The number of amides is 4. The molecular weight excluding hydrogens is 1350 g/mol. The molecule has 1 aliphatic heterocycles. The second kappa shape index (κ2) is 35.3. The molecule has 11 rings (SSSR count). The number of nitriles is 6. The van der Waals surface area contributed by atoms with E-state index in [0.29, 0.717) is 79.6 Å². The molecule has 3 atom stereocenters. The third kappa shape index (κ3) is 19.7. The summed E-state index contributed by atoms with van der Waals surface area (Å²) in [7, 11) is 0. The van der Waals surface area contributed by atoms with Gasteiger partial charge in [-0.3, -0.25) is 37.9 Å². The Morgan fingerprint density at radius 2 is 0.914 bits per heavy atom. The molecule has 26 heteroatoms. The number of benzene rings is 4. The van der Waals surface area contributed by atoms with Gasteiger partial charge in [0.2, 0.25) is 5.91 Å². The minimum Gasteiger partial charge on any atom is -0.392 e. The van der Waals surface area contributed by atoms with Crippen LogP contribution in [0.5, 0.6) is 0 Å². The molecule has 2 aliphatic carbocycles. The summed E-state index contributed by atoms with van der Waals surface area (Å²) in [6.07, 6.45) is 5.31. The van der Waals surface area contributed by atoms with Crippen molar-refractivity contribution in [2.45, 2.75) is 188 Å². The van der Waals surface area contributed by atoms with Crippen LogP contribution in [0.1, 0.15) is 241 Å². The summed E-state index contributed by atoms with van der Waals surface area (Å²) < 4.78 is 6.85. The Labute approximate surface area is 618 Å². The average molecular weight is 1440 g/mol. The van der Waals surface area contributed by atoms with Gasteiger partial charge in [-0.1, -0.05) is 67.1 Å². The molecule has 1 unspecified atom stereocenters. The SMILES string of the molecule is CC(C)n1nc(-c2ccc(C#N)cc2)c(C#N)c1C(=O)NCC(C)(C)O.CC(C)n1nc(-c2ccc(C#N)cc2)c(C#N)c1C(=O)NC[C@@H](C)O.CC(C)n1nc(-c2ccc(C#N)cc2)c(Cl)c1C(=O)NC1CC1.CCC(=O)N1CC[C@@H](NC(C)c2c(C3CC3)c(-c3ccc(C#N)cc3)nn2C(C)C)C1. The van der Waals surface area contributed by atoms with Crippen molar-refractivity contribution in [1.82, 2.24) is 65.3 Å². The Kier molecular flexibility index (Phi) is 26.7. The Morgan fingerprint density at radius 3 is 1.29 bits per heavy atom. The van der Waals surface area contributed by atoms with Crippen molar-refractivity contribution in [3.8, 4) is 81.4 Å². The molecule has 3 aliphatic rings. The highest BCUT2D eigenvalue weighted by Gasteiger charge is 2.38. The first-order valence-corrected chi connectivity index (χ1v) is 35.7. The molecule has 5 heterocycles. The monoisotopic (exact) mass is 1440 g/mol. The third-order valence-electron chi connectivity index (χ3n) is 17.5. The number of aromatic nitrogens is 8. The lowest BCUT2D eigenvalue weighted by atomic mass is 9.98. The van der Waals surface area contributed by atoms with Crippen molar-refractivity contribution in [2.75, 3.05) is 26.2 Å². The lowest BCUT2D eigenvalue weighted by Crippen LogP contribution is -2.39. The molecule has 6 N–H and O–H groups in total. The molecule has 105 heavy (non-hydrogen) atoms. The number of aliphatic hydroxyl groups is 2. The van der Waals surface area contributed by atoms with Gasteiger partial charge < -0.3 is 36.4 Å². The molecule has 0 bridgehead atoms. The number of aliphatic hydroxyl groups excluding tert-OH is 1. The molecule has 8 aromatic rings. The Bertz CT molecular complexity index is 4700. The molecule has 544 valence electrons. The molecule has 3 fully saturated rings. The first kappa shape index (κ1) is 79.4. The molecular formula is C79H90ClN19O6. The van der Waals surface area contributed by atoms with Crippen molar-refractivity contribution < 1.29 is 29.4 Å². The Balaban J connectivity index is 0.000000178. The summed E-state index contributed by atoms with van der Waals surface area (Å²) in [4.78, 5) is 51.7. The summed E-state index contributed by atoms with van der Waals surface area (Å²) in [5.74, 6) is -0.313. The Hall–Kier alpha value is -11.3. The molecule has 0 spiro atoms. The van der Waals surface area contributed by atoms with E-state index < -0.39 is 23.5 Å². The standard InChI is InChI=1S/C25H33N5O.C19H21N5O2.C18H19N5O2.C17H17ClN4O/c1-5-22(31)29-13-12-21(15-29)27-17(4)25-23(19-10-11-19)24(28-30(25)16(2)3)20-8-6-18(14-26)7-9-20;1-12(2)24-17(18(25)22-11-19(3,4)26)15(10-21)16(23-24)14-7-5-13(9-20)6-8-14;1-11(2)23-17(18(25)21-10-12(3)24)15(9-20)16(22-23)14-6-4-13(8-19)5-7-14;1-10(2)22-16(17(23)20-13-7-8-13)14(18)15(21-22)12-5-3-11(9-19)4-6-12/h6-9,16-17,19,21,27H,5,10-13,15H2,1-4H3;5-8,12,26H,11H2,1-4H3,(H,22,25);4-7,11-12,24H,10H2,1-3H3,(H,21,25);3-6,10,13H,7-8H2,1-2H3,(H,20,23)/t17?,21-;;12-;/m1.1./s1. The van der Waals surface area contributed by atoms with Gasteiger partial charge in [-0.15, -0.1) is 0 Å². The average Bonchev–Trinajstić information content (AvgIpc) is 1.66. The van der Waals surface area contributed by atoms with Gasteiger partial charge in [0, 0.05) is 103 Å². The second-order valence-electron chi connectivity index (χ2n) is 28.1. The van der Waals surface area contributed by atoms with E-state index in [1.54, 1.807) is 98.2 Å². The van der Waals surface area contributed by atoms with E-state index in [9.17, 15) is 39.9 Å². The number of halogens is 1. The summed E-state index contributed by atoms with van der Waals surface area (Å²) in [6.45, 7) is 26.4. The number of likely N-dealkylation sites (tertiary alicyclic amines) is 1. The maximum absolute atomic E-state index is 12.7. The second-order valence-corrected chi connectivity index (χ2v) is 28.5. The Morgan fingerprint density at radius 1 is 0.524 bits per heavy atom. The lowest BCUT2D eigenvalue weighted by Gasteiger charge is -2.24. The molecule has 4 aromatic carbocycles. The summed E-state index contributed by atoms with van der Waals surface area (Å²) in [6, 6.07) is 41.3. The van der Waals surface area contributed by atoms with Crippen molar-refractivity contribution in [2.24, 2.45) is 0 Å². The highest BCUT2D eigenvalue weighted by atomic mass is 35.5. The van der Waals surface area contributed by atoms with Crippen molar-refractivity contribution in [3.05, 3.63) is 164 Å². The van der Waals surface area contributed by atoms with Gasteiger partial charge in [-0.2, -0.15) is 52.0 Å². The quantitative estimate of drug-likeness (QED) is 0.0389. The fourth-order valence-electron chi connectivity index (χ4n) is 11.9. The molecule has 4 amide bonds. The van der Waals surface area contributed by atoms with Gasteiger partial charge in [0.05, 0.1) is 74.6 Å². The van der Waals surface area contributed by atoms with Crippen LogP contribution >= 0.6 is 11.6 Å². The van der Waals surface area contributed by atoms with Crippen LogP contribution in [-0.4, -0.2) is 128 Å². The minimum absolute atomic E-state index is 0.0135. The molecule has 25 nitrogen and oxygen atoms in total. The van der Waals surface area contributed by atoms with Gasteiger partial charge in [-0.05, 0) is 170 Å². The number of hydrogen-bond donors (Lipinski definition) is 6. The van der Waals surface area contributed by atoms with E-state index in [-0.39, 0.29) is 83.7 Å². The summed E-state index contributed by atoms with van der Waals surface area (Å²) >= 11 is 6.47. The molecule has 0 radical (unpaired) electrons. The van der Waals surface area contributed by atoms with Crippen LogP contribution in [0.15, 0.2) is 97.1 Å². The topological polar surface area (TPSA) is 374 Å². The zero-order valence-corrected chi connectivity index (χ0v) is 62.4. The van der Waals surface area contributed by atoms with E-state index in [0.717, 1.165) is 49.2 Å². The van der Waals surface area contributed by atoms with Gasteiger partial charge in [0.15, 0.2) is 0 Å². The normalized spacial score (nSPS) is 14.3. The van der Waals surface area contributed by atoms with E-state index >= 15 is 0 Å². The van der Waals surface area contributed by atoms with Crippen molar-refractivity contribution in [1.29, 1.82) is 31.6 Å². The fourth-order valence-corrected chi connectivity index (χ4v) is 12.2. The fraction of sp³-hybridized carbons (Fsp3) is 0.418.